The number of hydrogen-bond acceptors (Lipinski definition) is 17. The number of aliphatic imine (C=N–C) groups is 1. The first kappa shape index (κ1) is 78.5. The molecule has 524 valence electrons. The number of carbonyl (C=O) groups excluding carboxylic acids is 13. The summed E-state index contributed by atoms with van der Waals surface area (Å²) in [6.07, 6.45) is 3.12. The maximum absolute atomic E-state index is 14.7. The Bertz CT molecular complexity index is 2960. The first-order chi connectivity index (χ1) is 45.2. The summed E-state index contributed by atoms with van der Waals surface area (Å²) >= 11 is 1.45. The lowest BCUT2D eigenvalue weighted by Gasteiger charge is -2.32. The second kappa shape index (κ2) is 41.0. The molecule has 2 aliphatic rings. The largest absolute Gasteiger partial charge is 0.370 e. The predicted octanol–water partition coefficient (Wildman–Crippen LogP) is -3.71. The van der Waals surface area contributed by atoms with Crippen molar-refractivity contribution in [2.24, 2.45) is 51.0 Å². The van der Waals surface area contributed by atoms with E-state index < -0.39 is 169 Å². The topological polar surface area (TPSA) is 519 Å². The molecule has 2 saturated heterocycles. The molecule has 2 heterocycles. The third kappa shape index (κ3) is 27.5. The van der Waals surface area contributed by atoms with E-state index in [4.69, 9.17) is 40.1 Å². The number of nitrogens with two attached hydrogens (primary N) is 7. The van der Waals surface area contributed by atoms with Gasteiger partial charge in [-0.1, -0.05) is 74.5 Å². The number of thioether (sulfide) groups is 1. The van der Waals surface area contributed by atoms with Crippen LogP contribution in [0.3, 0.4) is 0 Å². The van der Waals surface area contributed by atoms with Gasteiger partial charge in [0.25, 0.3) is 0 Å². The second-order valence-electron chi connectivity index (χ2n) is 24.1. The highest BCUT2D eigenvalue weighted by atomic mass is 32.2. The lowest BCUT2D eigenvalue weighted by atomic mass is 10.0. The van der Waals surface area contributed by atoms with Gasteiger partial charge >= 0.3 is 0 Å². The summed E-state index contributed by atoms with van der Waals surface area (Å²) in [5.74, 6) is -9.80. The van der Waals surface area contributed by atoms with Crippen LogP contribution in [0.4, 0.5) is 0 Å². The van der Waals surface area contributed by atoms with E-state index in [9.17, 15) is 62.3 Å². The minimum atomic E-state index is -1.64. The Hall–Kier alpha value is -8.91. The molecule has 13 amide bonds. The van der Waals surface area contributed by atoms with Gasteiger partial charge in [0.2, 0.25) is 76.8 Å². The van der Waals surface area contributed by atoms with Gasteiger partial charge in [0.1, 0.15) is 54.4 Å². The van der Waals surface area contributed by atoms with Crippen molar-refractivity contribution in [3.05, 3.63) is 71.8 Å². The van der Waals surface area contributed by atoms with Crippen LogP contribution < -0.4 is 82.7 Å². The molecule has 0 bridgehead atoms. The van der Waals surface area contributed by atoms with Crippen molar-refractivity contribution >= 4 is 94.5 Å². The van der Waals surface area contributed by atoms with E-state index in [0.29, 0.717) is 55.4 Å². The van der Waals surface area contributed by atoms with Gasteiger partial charge in [-0.15, -0.1) is 0 Å². The van der Waals surface area contributed by atoms with Gasteiger partial charge in [0.15, 0.2) is 5.96 Å². The van der Waals surface area contributed by atoms with Crippen molar-refractivity contribution in [3.63, 3.8) is 0 Å². The minimum Gasteiger partial charge on any atom is -0.370 e. The van der Waals surface area contributed by atoms with Crippen molar-refractivity contribution in [1.82, 2.24) is 52.3 Å². The molecule has 95 heavy (non-hydrogen) atoms. The standard InChI is InChI=1S/C63H98N18O13S/c1-37(2)33-45(57(89)74-41(53(68)85)27-32-95-3)73-52(84)36-72-54(86)46(34-38-15-6-4-7-16-38)78-58(90)47(35-39-17-8-5-9-18-39)79-56(88)42(23-25-50(66)82)75-55(87)43(24-26-51(67)83)76-59(91)49-22-14-31-81(49)62(94)44(20-10-11-28-64)77-60(92)48-21-13-30-80(48)61(93)40(65)19-12-29-71-63(69)70/h4-9,15-18,37,40-49H,10-14,19-36,64-65H2,1-3H3,(H2,66,82)(H2,67,83)(H2,68,85)(H,72,86)(H,73,84)(H,74,89)(H,75,87)(H,76,91)(H,77,92)(H,78,90)(H,79,88)(H4,69,70,71)/t40-,41-,42+,43-,44+,45-,46+,47+,48-,49-/m0/s1. The van der Waals surface area contributed by atoms with Gasteiger partial charge in [-0.25, -0.2) is 0 Å². The monoisotopic (exact) mass is 1350 g/mol. The molecular weight excluding hydrogens is 1250 g/mol. The molecule has 0 aromatic heterocycles. The molecule has 0 spiro atoms. The van der Waals surface area contributed by atoms with Gasteiger partial charge < -0.3 is 92.5 Å². The fourth-order valence-electron chi connectivity index (χ4n) is 11.0. The van der Waals surface area contributed by atoms with Crippen LogP contribution in [0.2, 0.25) is 0 Å². The lowest BCUT2D eigenvalue weighted by molar-refractivity contribution is -0.144. The molecule has 2 aromatic carbocycles. The number of benzene rings is 2. The molecule has 2 fully saturated rings. The summed E-state index contributed by atoms with van der Waals surface area (Å²) in [6.45, 7) is 3.86. The molecule has 32 heteroatoms. The maximum atomic E-state index is 14.7. The van der Waals surface area contributed by atoms with Crippen LogP contribution in [0.1, 0.15) is 121 Å². The molecule has 0 saturated carbocycles. The van der Waals surface area contributed by atoms with Crippen molar-refractivity contribution in [2.45, 2.75) is 183 Å². The van der Waals surface area contributed by atoms with Crippen LogP contribution >= 0.6 is 11.8 Å². The highest BCUT2D eigenvalue weighted by Gasteiger charge is 2.42. The number of likely N-dealkylation sites (tertiary alicyclic amines) is 2. The molecule has 0 radical (unpaired) electrons. The number of amides is 13. The Morgan fingerprint density at radius 1 is 0.537 bits per heavy atom. The molecule has 4 rings (SSSR count). The Morgan fingerprint density at radius 3 is 1.51 bits per heavy atom. The number of nitrogens with one attached hydrogen (secondary N) is 8. The van der Waals surface area contributed by atoms with Crippen LogP contribution in [0.15, 0.2) is 65.7 Å². The zero-order valence-electron chi connectivity index (χ0n) is 54.5. The molecule has 2 aliphatic heterocycles. The Morgan fingerprint density at radius 2 is 1.01 bits per heavy atom. The van der Waals surface area contributed by atoms with Crippen molar-refractivity contribution in [1.29, 1.82) is 0 Å². The SMILES string of the molecule is CSCC[C@H](NC(=O)[C@H](CC(C)C)NC(=O)CNC(=O)[C@@H](Cc1ccccc1)NC(=O)[C@@H](Cc1ccccc1)NC(=O)[C@@H](CCC(N)=O)NC(=O)[C@H](CCC(N)=O)NC(=O)[C@@H]1CCCN1C(=O)[C@@H](CCCCN)NC(=O)[C@@H]1CCCN1C(=O)[C@@H](N)CCCN=C(N)N)C(N)=O. The molecule has 31 nitrogen and oxygen atoms in total. The molecule has 22 N–H and O–H groups in total. The number of unbranched alkanes of at least 4 members (excludes halogenated alkanes) is 1. The fourth-order valence-corrected chi connectivity index (χ4v) is 11.5. The van der Waals surface area contributed by atoms with Gasteiger partial charge in [-0.2, -0.15) is 11.8 Å². The average Bonchev–Trinajstić information content (AvgIpc) is 1.74. The number of hydrogen-bond donors (Lipinski definition) is 15. The molecule has 2 aromatic rings. The van der Waals surface area contributed by atoms with E-state index in [-0.39, 0.29) is 83.0 Å². The van der Waals surface area contributed by atoms with Crippen molar-refractivity contribution in [2.75, 3.05) is 44.7 Å². The third-order valence-electron chi connectivity index (χ3n) is 16.0. The smallest absolute Gasteiger partial charge is 0.245 e. The molecule has 0 unspecified atom stereocenters. The number of primary amides is 3. The van der Waals surface area contributed by atoms with Crippen LogP contribution in [-0.4, -0.2) is 198 Å². The summed E-state index contributed by atoms with van der Waals surface area (Å²) in [7, 11) is 0. The minimum absolute atomic E-state index is 0.0736. The maximum Gasteiger partial charge on any atom is 0.245 e. The van der Waals surface area contributed by atoms with Crippen LogP contribution in [0.25, 0.3) is 0 Å². The Kier molecular flexibility index (Phi) is 33.9. The van der Waals surface area contributed by atoms with Crippen LogP contribution in [-0.2, 0) is 75.2 Å². The number of rotatable bonds is 42. The highest BCUT2D eigenvalue weighted by Crippen LogP contribution is 2.24. The average molecular weight is 1350 g/mol. The summed E-state index contributed by atoms with van der Waals surface area (Å²) in [5, 5.41) is 21.1. The number of nitrogens with zero attached hydrogens (tertiary/aromatic N) is 3. The Balaban J connectivity index is 1.56. The first-order valence-corrected chi connectivity index (χ1v) is 33.6. The summed E-state index contributed by atoms with van der Waals surface area (Å²) < 4.78 is 0. The summed E-state index contributed by atoms with van der Waals surface area (Å²) in [6, 6.07) is 4.51. The number of carbonyl (C=O) groups is 13. The predicted molar refractivity (Wildman–Crippen MR) is 356 cm³/mol. The lowest BCUT2D eigenvalue weighted by Crippen LogP contribution is -2.60. The zero-order valence-corrected chi connectivity index (χ0v) is 55.3. The van der Waals surface area contributed by atoms with E-state index in [0.717, 1.165) is 0 Å². The van der Waals surface area contributed by atoms with E-state index in [1.54, 1.807) is 60.7 Å². The highest BCUT2D eigenvalue weighted by molar-refractivity contribution is 7.98. The molecular formula is C63H98N18O13S. The number of guanidine groups is 1. The molecule has 10 atom stereocenters. The van der Waals surface area contributed by atoms with E-state index >= 15 is 0 Å². The van der Waals surface area contributed by atoms with Gasteiger partial charge in [0, 0.05) is 45.3 Å². The fraction of sp³-hybridized carbons (Fsp3) is 0.587. The zero-order chi connectivity index (χ0) is 70.1. The second-order valence-corrected chi connectivity index (χ2v) is 25.1. The quantitative estimate of drug-likeness (QED) is 0.0173. The van der Waals surface area contributed by atoms with Crippen LogP contribution in [0, 0.1) is 5.92 Å². The molecule has 0 aliphatic carbocycles. The van der Waals surface area contributed by atoms with Gasteiger partial charge in [-0.3, -0.25) is 67.3 Å². The first-order valence-electron chi connectivity index (χ1n) is 32.2. The van der Waals surface area contributed by atoms with Crippen LogP contribution in [0.5, 0.6) is 0 Å². The third-order valence-corrected chi connectivity index (χ3v) is 16.7. The van der Waals surface area contributed by atoms with Gasteiger partial charge in [0.05, 0.1) is 12.6 Å². The van der Waals surface area contributed by atoms with E-state index in [1.807, 2.05) is 20.1 Å². The Labute approximate surface area is 558 Å². The van der Waals surface area contributed by atoms with Crippen molar-refractivity contribution in [3.8, 4) is 0 Å². The van der Waals surface area contributed by atoms with Crippen molar-refractivity contribution < 1.29 is 62.3 Å². The van der Waals surface area contributed by atoms with Gasteiger partial charge in [-0.05, 0) is 119 Å². The normalized spacial score (nSPS) is 16.8. The van der Waals surface area contributed by atoms with E-state index in [2.05, 4.69) is 47.5 Å². The summed E-state index contributed by atoms with van der Waals surface area (Å²) in [4.78, 5) is 185. The summed E-state index contributed by atoms with van der Waals surface area (Å²) in [5.41, 5.74) is 40.6. The van der Waals surface area contributed by atoms with E-state index in [1.165, 1.54) is 21.6 Å².